The van der Waals surface area contributed by atoms with E-state index in [0.717, 1.165) is 20.7 Å². The maximum Gasteiger partial charge on any atom is 0.244 e. The molecule has 0 aliphatic carbocycles. The molecule has 1 aromatic heterocycles. The highest BCUT2D eigenvalue weighted by Gasteiger charge is 2.24. The maximum absolute atomic E-state index is 12.5. The number of nitrogen functional groups attached to an aromatic ring is 1. The van der Waals surface area contributed by atoms with Crippen LogP contribution < -0.4 is 5.73 Å². The van der Waals surface area contributed by atoms with Gasteiger partial charge in [-0.15, -0.1) is 0 Å². The van der Waals surface area contributed by atoms with Crippen LogP contribution in [-0.4, -0.2) is 22.6 Å². The molecule has 0 fully saturated rings. The Morgan fingerprint density at radius 3 is 2.44 bits per heavy atom. The number of imidazole rings is 1. The van der Waals surface area contributed by atoms with Crippen LogP contribution in [0.4, 0.5) is 5.95 Å². The normalized spacial score (nSPS) is 12.9. The molecule has 0 spiro atoms. The molecule has 0 unspecified atom stereocenters. The summed E-state index contributed by atoms with van der Waals surface area (Å²) in [4.78, 5) is 6.09. The van der Waals surface area contributed by atoms with Gasteiger partial charge in [0.1, 0.15) is 0 Å². The van der Waals surface area contributed by atoms with Crippen molar-refractivity contribution in [2.45, 2.75) is 19.1 Å². The second kappa shape index (κ2) is 6.65. The van der Waals surface area contributed by atoms with Gasteiger partial charge in [-0.25, -0.2) is 17.4 Å². The van der Waals surface area contributed by atoms with Crippen LogP contribution in [0, 0.1) is 0 Å². The van der Waals surface area contributed by atoms with E-state index in [1.165, 1.54) is 0 Å². The van der Waals surface area contributed by atoms with Crippen molar-refractivity contribution in [1.82, 2.24) is 8.96 Å². The molecule has 0 radical (unpaired) electrons. The van der Waals surface area contributed by atoms with Gasteiger partial charge in [0.25, 0.3) is 0 Å². The summed E-state index contributed by atoms with van der Waals surface area (Å²) in [5, 5.41) is -0.589. The molecule has 3 aromatic rings. The van der Waals surface area contributed by atoms with Gasteiger partial charge in [0.05, 0.1) is 16.3 Å². The zero-order chi connectivity index (χ0) is 18.2. The number of hydrogen-bond donors (Lipinski definition) is 1. The second-order valence-electron chi connectivity index (χ2n) is 5.92. The molecule has 0 aliphatic heterocycles. The van der Waals surface area contributed by atoms with E-state index >= 15 is 0 Å². The molecule has 2 aromatic carbocycles. The number of benzene rings is 2. The fourth-order valence-corrected chi connectivity index (χ4v) is 4.31. The topological polar surface area (TPSA) is 78.0 Å². The van der Waals surface area contributed by atoms with E-state index in [0.29, 0.717) is 11.0 Å². The van der Waals surface area contributed by atoms with Gasteiger partial charge in [0.2, 0.25) is 16.0 Å². The Bertz CT molecular complexity index is 1050. The Labute approximate surface area is 155 Å². The molecular weight excluding hydrogens is 402 g/mol. The minimum Gasteiger partial charge on any atom is -0.368 e. The summed E-state index contributed by atoms with van der Waals surface area (Å²) in [6, 6.07) is 15.4. The van der Waals surface area contributed by atoms with E-state index in [2.05, 4.69) is 20.9 Å². The van der Waals surface area contributed by atoms with Gasteiger partial charge < -0.3 is 5.73 Å². The summed E-state index contributed by atoms with van der Waals surface area (Å²) in [6.07, 6.45) is 0. The number of aromatic nitrogens is 2. The van der Waals surface area contributed by atoms with Gasteiger partial charge in [-0.1, -0.05) is 52.3 Å². The molecular formula is C18H18BrN3O2S. The van der Waals surface area contributed by atoms with Gasteiger partial charge in [-0.3, -0.25) is 0 Å². The summed E-state index contributed by atoms with van der Waals surface area (Å²) in [6.45, 7) is 3.24. The lowest BCUT2D eigenvalue weighted by Crippen LogP contribution is -2.23. The van der Waals surface area contributed by atoms with E-state index in [4.69, 9.17) is 5.73 Å². The third-order valence-electron chi connectivity index (χ3n) is 3.99. The molecule has 3 rings (SSSR count). The first kappa shape index (κ1) is 17.7. The standard InChI is InChI=1S/C18H18BrN3O2S/c1-12(2)25(23,24)22-17-9-8-14(10-16(17)21-18(22)20)15(11-19)13-6-4-3-5-7-13/h3-12H,1-2H3,(H2,20,21)/b15-11+. The molecule has 25 heavy (non-hydrogen) atoms. The molecule has 0 amide bonds. The van der Waals surface area contributed by atoms with Gasteiger partial charge in [0, 0.05) is 0 Å². The molecule has 5 nitrogen and oxygen atoms in total. The van der Waals surface area contributed by atoms with Crippen molar-refractivity contribution in [3.05, 3.63) is 64.6 Å². The SMILES string of the molecule is CC(C)S(=O)(=O)n1c(N)nc2cc(/C(=C/Br)c3ccccc3)ccc21. The van der Waals surface area contributed by atoms with Gasteiger partial charge >= 0.3 is 0 Å². The first-order chi connectivity index (χ1) is 11.9. The quantitative estimate of drug-likeness (QED) is 0.693. The smallest absolute Gasteiger partial charge is 0.244 e. The predicted molar refractivity (Wildman–Crippen MR) is 106 cm³/mol. The summed E-state index contributed by atoms with van der Waals surface area (Å²) in [7, 11) is -3.58. The van der Waals surface area contributed by atoms with Crippen molar-refractivity contribution in [3.63, 3.8) is 0 Å². The summed E-state index contributed by atoms with van der Waals surface area (Å²) in [5.74, 6) is -0.0232. The van der Waals surface area contributed by atoms with E-state index in [9.17, 15) is 8.42 Å². The molecule has 0 saturated carbocycles. The number of nitrogens with zero attached hydrogens (tertiary/aromatic N) is 2. The predicted octanol–water partition coefficient (Wildman–Crippen LogP) is 3.99. The van der Waals surface area contributed by atoms with Gasteiger partial charge in [0.15, 0.2) is 0 Å². The van der Waals surface area contributed by atoms with E-state index in [-0.39, 0.29) is 5.95 Å². The third kappa shape index (κ3) is 3.09. The molecule has 7 heteroatoms. The fraction of sp³-hybridized carbons (Fsp3) is 0.167. The van der Waals surface area contributed by atoms with Gasteiger partial charge in [-0.05, 0) is 47.7 Å². The van der Waals surface area contributed by atoms with Crippen molar-refractivity contribution in [1.29, 1.82) is 0 Å². The van der Waals surface area contributed by atoms with Crippen molar-refractivity contribution >= 4 is 48.5 Å². The number of fused-ring (bicyclic) bond motifs is 1. The molecule has 1 heterocycles. The van der Waals surface area contributed by atoms with Crippen LogP contribution in [0.2, 0.25) is 0 Å². The van der Waals surface area contributed by atoms with Crippen LogP contribution in [0.25, 0.3) is 16.6 Å². The van der Waals surface area contributed by atoms with E-state index in [1.54, 1.807) is 19.9 Å². The monoisotopic (exact) mass is 419 g/mol. The Morgan fingerprint density at radius 2 is 1.84 bits per heavy atom. The first-order valence-electron chi connectivity index (χ1n) is 7.75. The highest BCUT2D eigenvalue weighted by molar-refractivity contribution is 9.11. The minimum absolute atomic E-state index is 0.0232. The first-order valence-corrected chi connectivity index (χ1v) is 10.2. The number of nitrogens with two attached hydrogens (primary N) is 1. The minimum atomic E-state index is -3.58. The highest BCUT2D eigenvalue weighted by atomic mass is 79.9. The van der Waals surface area contributed by atoms with Crippen molar-refractivity contribution in [3.8, 4) is 0 Å². The lowest BCUT2D eigenvalue weighted by molar-refractivity contribution is 0.580. The average Bonchev–Trinajstić information content (AvgIpc) is 2.92. The van der Waals surface area contributed by atoms with E-state index in [1.807, 2.05) is 47.4 Å². The summed E-state index contributed by atoms with van der Waals surface area (Å²) >= 11 is 3.42. The van der Waals surface area contributed by atoms with Gasteiger partial charge in [-0.2, -0.15) is 0 Å². The zero-order valence-electron chi connectivity index (χ0n) is 13.8. The molecule has 2 N–H and O–H groups in total. The Morgan fingerprint density at radius 1 is 1.16 bits per heavy atom. The molecule has 0 bridgehead atoms. The molecule has 0 aliphatic rings. The Hall–Kier alpha value is -2.12. The van der Waals surface area contributed by atoms with Crippen LogP contribution in [-0.2, 0) is 10.0 Å². The fourth-order valence-electron chi connectivity index (χ4n) is 2.63. The van der Waals surface area contributed by atoms with Crippen molar-refractivity contribution in [2.75, 3.05) is 5.73 Å². The summed E-state index contributed by atoms with van der Waals surface area (Å²) in [5.41, 5.74) is 9.86. The second-order valence-corrected chi connectivity index (χ2v) is 8.72. The zero-order valence-corrected chi connectivity index (χ0v) is 16.3. The number of hydrogen-bond acceptors (Lipinski definition) is 4. The molecule has 0 saturated heterocycles. The number of halogens is 1. The lowest BCUT2D eigenvalue weighted by atomic mass is 9.99. The highest BCUT2D eigenvalue weighted by Crippen LogP contribution is 2.29. The van der Waals surface area contributed by atoms with Crippen LogP contribution in [0.5, 0.6) is 0 Å². The lowest BCUT2D eigenvalue weighted by Gasteiger charge is -2.11. The molecule has 0 atom stereocenters. The van der Waals surface area contributed by atoms with Crippen molar-refractivity contribution in [2.24, 2.45) is 0 Å². The Balaban J connectivity index is 2.18. The maximum atomic E-state index is 12.5. The average molecular weight is 420 g/mol. The van der Waals surface area contributed by atoms with Crippen LogP contribution >= 0.6 is 15.9 Å². The number of rotatable bonds is 4. The van der Waals surface area contributed by atoms with Crippen LogP contribution in [0.15, 0.2) is 53.5 Å². The van der Waals surface area contributed by atoms with Crippen LogP contribution in [0.1, 0.15) is 25.0 Å². The molecule has 130 valence electrons. The third-order valence-corrected chi connectivity index (χ3v) is 6.53. The Kier molecular flexibility index (Phi) is 4.71. The van der Waals surface area contributed by atoms with Crippen LogP contribution in [0.3, 0.4) is 0 Å². The van der Waals surface area contributed by atoms with Crippen molar-refractivity contribution < 1.29 is 8.42 Å². The van der Waals surface area contributed by atoms with E-state index < -0.39 is 15.3 Å². The largest absolute Gasteiger partial charge is 0.368 e. The number of anilines is 1. The summed E-state index contributed by atoms with van der Waals surface area (Å²) < 4.78 is 26.2.